The van der Waals surface area contributed by atoms with Crippen LogP contribution in [0.3, 0.4) is 0 Å². The average molecular weight is 217 g/mol. The summed E-state index contributed by atoms with van der Waals surface area (Å²) < 4.78 is 0. The van der Waals surface area contributed by atoms with Crippen LogP contribution in [-0.4, -0.2) is 16.9 Å². The average Bonchev–Trinajstić information content (AvgIpc) is 2.24. The van der Waals surface area contributed by atoms with Crippen molar-refractivity contribution in [2.45, 2.75) is 0 Å². The molecule has 0 heterocycles. The minimum Gasteiger partial charge on any atom is -0.478 e. The summed E-state index contributed by atoms with van der Waals surface area (Å²) in [5, 5.41) is 8.31. The van der Waals surface area contributed by atoms with Crippen molar-refractivity contribution < 1.29 is 14.7 Å². The van der Waals surface area contributed by atoms with Crippen LogP contribution in [0, 0.1) is 0 Å². The number of benzene rings is 1. The minimum absolute atomic E-state index is 0.256. The zero-order valence-electron chi connectivity index (χ0n) is 8.46. The van der Waals surface area contributed by atoms with Crippen molar-refractivity contribution in [3.05, 3.63) is 54.1 Å². The van der Waals surface area contributed by atoms with Gasteiger partial charge in [0, 0.05) is 17.3 Å². The van der Waals surface area contributed by atoms with Crippen molar-refractivity contribution in [2.75, 3.05) is 5.73 Å². The highest BCUT2D eigenvalue weighted by atomic mass is 16.4. The van der Waals surface area contributed by atoms with Gasteiger partial charge in [0.25, 0.3) is 0 Å². The molecule has 16 heavy (non-hydrogen) atoms. The van der Waals surface area contributed by atoms with Gasteiger partial charge in [-0.25, -0.2) is 4.79 Å². The molecule has 0 spiro atoms. The fourth-order valence-electron chi connectivity index (χ4n) is 1.09. The van der Waals surface area contributed by atoms with Gasteiger partial charge in [0.05, 0.1) is 0 Å². The number of anilines is 1. The summed E-state index contributed by atoms with van der Waals surface area (Å²) in [5.41, 5.74) is 6.41. The Morgan fingerprint density at radius 1 is 1.12 bits per heavy atom. The molecule has 0 saturated heterocycles. The zero-order chi connectivity index (χ0) is 12.0. The topological polar surface area (TPSA) is 80.4 Å². The molecule has 0 aliphatic carbocycles. The molecule has 0 fully saturated rings. The molecule has 0 aliphatic heterocycles. The van der Waals surface area contributed by atoms with Crippen molar-refractivity contribution in [3.8, 4) is 0 Å². The maximum absolute atomic E-state index is 11.6. The number of carbonyl (C=O) groups excluding carboxylic acids is 1. The van der Waals surface area contributed by atoms with Crippen LogP contribution in [0.5, 0.6) is 0 Å². The third-order valence-electron chi connectivity index (χ3n) is 1.82. The first-order valence-corrected chi connectivity index (χ1v) is 4.58. The van der Waals surface area contributed by atoms with E-state index >= 15 is 0 Å². The smallest absolute Gasteiger partial charge is 0.328 e. The lowest BCUT2D eigenvalue weighted by Crippen LogP contribution is -1.99. The van der Waals surface area contributed by atoms with Crippen molar-refractivity contribution in [3.63, 3.8) is 0 Å². The van der Waals surface area contributed by atoms with Crippen LogP contribution in [0.25, 0.3) is 0 Å². The fourth-order valence-corrected chi connectivity index (χ4v) is 1.09. The van der Waals surface area contributed by atoms with E-state index in [1.54, 1.807) is 24.3 Å². The Hall–Kier alpha value is -2.36. The first kappa shape index (κ1) is 11.7. The summed E-state index contributed by atoms with van der Waals surface area (Å²) in [5.74, 6) is -1.32. The van der Waals surface area contributed by atoms with Crippen molar-refractivity contribution >= 4 is 17.4 Å². The van der Waals surface area contributed by atoms with Gasteiger partial charge >= 0.3 is 5.97 Å². The van der Waals surface area contributed by atoms with E-state index in [0.717, 1.165) is 6.08 Å². The lowest BCUT2D eigenvalue weighted by Gasteiger charge is -1.99. The number of carboxylic acids is 1. The Balaban J connectivity index is 2.74. The number of nitrogen functional groups attached to an aromatic ring is 1. The second-order valence-electron chi connectivity index (χ2n) is 3.01. The Kier molecular flexibility index (Phi) is 4.03. The molecule has 82 valence electrons. The first-order valence-electron chi connectivity index (χ1n) is 4.58. The zero-order valence-corrected chi connectivity index (χ0v) is 8.46. The van der Waals surface area contributed by atoms with Crippen LogP contribution in [0.4, 0.5) is 5.69 Å². The molecule has 0 saturated carbocycles. The van der Waals surface area contributed by atoms with Crippen LogP contribution >= 0.6 is 0 Å². The summed E-state index contributed by atoms with van der Waals surface area (Å²) in [6.07, 6.45) is 4.85. The van der Waals surface area contributed by atoms with Gasteiger partial charge in [-0.2, -0.15) is 0 Å². The van der Waals surface area contributed by atoms with E-state index in [9.17, 15) is 9.59 Å². The number of nitrogens with two attached hydrogens (primary N) is 1. The predicted octanol–water partition coefficient (Wildman–Crippen LogP) is 1.65. The molecule has 4 nitrogen and oxygen atoms in total. The summed E-state index contributed by atoms with van der Waals surface area (Å²) >= 11 is 0. The van der Waals surface area contributed by atoms with E-state index in [4.69, 9.17) is 10.8 Å². The SMILES string of the molecule is Nc1ccccc1C(=O)/C=C/C=C/C(=O)O. The Morgan fingerprint density at radius 2 is 1.75 bits per heavy atom. The highest BCUT2D eigenvalue weighted by Crippen LogP contribution is 2.11. The van der Waals surface area contributed by atoms with Gasteiger partial charge in [-0.3, -0.25) is 4.79 Å². The fraction of sp³-hybridized carbons (Fsp3) is 0. The Labute approximate surface area is 92.7 Å². The quantitative estimate of drug-likeness (QED) is 0.348. The largest absolute Gasteiger partial charge is 0.478 e. The highest BCUT2D eigenvalue weighted by molar-refractivity contribution is 6.08. The number of aliphatic carboxylic acids is 1. The first-order chi connectivity index (χ1) is 7.61. The van der Waals surface area contributed by atoms with Crippen LogP contribution < -0.4 is 5.73 Å². The van der Waals surface area contributed by atoms with Crippen LogP contribution in [-0.2, 0) is 4.79 Å². The number of rotatable bonds is 4. The van der Waals surface area contributed by atoms with E-state index < -0.39 is 5.97 Å². The molecule has 0 amide bonds. The number of para-hydroxylation sites is 1. The van der Waals surface area contributed by atoms with E-state index in [1.165, 1.54) is 18.2 Å². The molecule has 0 aromatic heterocycles. The van der Waals surface area contributed by atoms with E-state index in [-0.39, 0.29) is 5.78 Å². The molecule has 0 bridgehead atoms. The molecule has 0 radical (unpaired) electrons. The van der Waals surface area contributed by atoms with Gasteiger partial charge in [-0.15, -0.1) is 0 Å². The standard InChI is InChI=1S/C12H11NO3/c13-10-6-2-1-5-9(10)11(14)7-3-4-8-12(15)16/h1-8H,13H2,(H,15,16)/b7-3+,8-4+. The third-order valence-corrected chi connectivity index (χ3v) is 1.82. The molecule has 1 aromatic carbocycles. The van der Waals surface area contributed by atoms with Gasteiger partial charge in [0.15, 0.2) is 5.78 Å². The normalized spacial score (nSPS) is 11.0. The second-order valence-corrected chi connectivity index (χ2v) is 3.01. The predicted molar refractivity (Wildman–Crippen MR) is 61.1 cm³/mol. The van der Waals surface area contributed by atoms with Gasteiger partial charge in [-0.1, -0.05) is 24.3 Å². The van der Waals surface area contributed by atoms with Crippen LogP contribution in [0.2, 0.25) is 0 Å². The third kappa shape index (κ3) is 3.42. The molecule has 3 N–H and O–H groups in total. The van der Waals surface area contributed by atoms with Crippen molar-refractivity contribution in [2.24, 2.45) is 0 Å². The maximum Gasteiger partial charge on any atom is 0.328 e. The highest BCUT2D eigenvalue weighted by Gasteiger charge is 2.03. The van der Waals surface area contributed by atoms with Crippen LogP contribution in [0.1, 0.15) is 10.4 Å². The summed E-state index contributed by atoms with van der Waals surface area (Å²) in [6, 6.07) is 6.70. The number of carbonyl (C=O) groups is 2. The number of hydrogen-bond acceptors (Lipinski definition) is 3. The van der Waals surface area contributed by atoms with E-state index in [1.807, 2.05) is 0 Å². The molecular weight excluding hydrogens is 206 g/mol. The summed E-state index contributed by atoms with van der Waals surface area (Å²) in [7, 11) is 0. The summed E-state index contributed by atoms with van der Waals surface area (Å²) in [6.45, 7) is 0. The van der Waals surface area contributed by atoms with Crippen LogP contribution in [0.15, 0.2) is 48.6 Å². The number of ketones is 1. The second kappa shape index (κ2) is 5.50. The summed E-state index contributed by atoms with van der Waals surface area (Å²) in [4.78, 5) is 21.7. The molecule has 0 unspecified atom stereocenters. The number of allylic oxidation sites excluding steroid dienone is 3. The van der Waals surface area contributed by atoms with Gasteiger partial charge < -0.3 is 10.8 Å². The van der Waals surface area contributed by atoms with Gasteiger partial charge in [-0.05, 0) is 18.2 Å². The molecule has 0 atom stereocenters. The molecule has 1 rings (SSSR count). The lowest BCUT2D eigenvalue weighted by atomic mass is 10.1. The van der Waals surface area contributed by atoms with Crippen molar-refractivity contribution in [1.29, 1.82) is 0 Å². The Morgan fingerprint density at radius 3 is 2.38 bits per heavy atom. The van der Waals surface area contributed by atoms with Gasteiger partial charge in [0.1, 0.15) is 0 Å². The molecule has 1 aromatic rings. The monoisotopic (exact) mass is 217 g/mol. The maximum atomic E-state index is 11.6. The molecular formula is C12H11NO3. The van der Waals surface area contributed by atoms with Gasteiger partial charge in [0.2, 0.25) is 0 Å². The number of hydrogen-bond donors (Lipinski definition) is 2. The number of carboxylic acid groups (broad SMARTS) is 1. The Bertz CT molecular complexity index is 461. The van der Waals surface area contributed by atoms with Crippen molar-refractivity contribution in [1.82, 2.24) is 0 Å². The van der Waals surface area contributed by atoms with E-state index in [0.29, 0.717) is 11.3 Å². The van der Waals surface area contributed by atoms with E-state index in [2.05, 4.69) is 0 Å². The lowest BCUT2D eigenvalue weighted by molar-refractivity contribution is -0.131. The molecule has 0 aliphatic rings. The molecule has 4 heteroatoms. The minimum atomic E-state index is -1.06.